The summed E-state index contributed by atoms with van der Waals surface area (Å²) in [5, 5.41) is 6.16. The summed E-state index contributed by atoms with van der Waals surface area (Å²) in [5.41, 5.74) is 0.848. The van der Waals surface area contributed by atoms with Crippen molar-refractivity contribution in [3.63, 3.8) is 0 Å². The highest BCUT2D eigenvalue weighted by atomic mass is 16.2. The molecule has 0 fully saturated rings. The SMILES string of the molecule is CC(C)CCCCNC(C)C(=O)Nc1ccccc1. The molecule has 106 valence electrons. The van der Waals surface area contributed by atoms with Crippen molar-refractivity contribution < 1.29 is 4.79 Å². The molecule has 19 heavy (non-hydrogen) atoms. The van der Waals surface area contributed by atoms with Crippen LogP contribution in [0.5, 0.6) is 0 Å². The molecule has 0 aliphatic heterocycles. The van der Waals surface area contributed by atoms with Crippen LogP contribution < -0.4 is 10.6 Å². The van der Waals surface area contributed by atoms with Crippen LogP contribution >= 0.6 is 0 Å². The average molecular weight is 262 g/mol. The third-order valence-electron chi connectivity index (χ3n) is 3.09. The van der Waals surface area contributed by atoms with Crippen molar-refractivity contribution in [3.05, 3.63) is 30.3 Å². The van der Waals surface area contributed by atoms with E-state index in [1.807, 2.05) is 37.3 Å². The molecule has 0 saturated carbocycles. The van der Waals surface area contributed by atoms with Crippen molar-refractivity contribution >= 4 is 11.6 Å². The minimum absolute atomic E-state index is 0.0232. The number of benzene rings is 1. The Hall–Kier alpha value is -1.35. The lowest BCUT2D eigenvalue weighted by atomic mass is 10.1. The maximum Gasteiger partial charge on any atom is 0.241 e. The van der Waals surface area contributed by atoms with Crippen LogP contribution in [-0.4, -0.2) is 18.5 Å². The minimum Gasteiger partial charge on any atom is -0.325 e. The first kappa shape index (κ1) is 15.7. The fraction of sp³-hybridized carbons (Fsp3) is 0.562. The predicted molar refractivity (Wildman–Crippen MR) is 81.2 cm³/mol. The van der Waals surface area contributed by atoms with E-state index in [4.69, 9.17) is 0 Å². The Morgan fingerprint density at radius 1 is 1.11 bits per heavy atom. The zero-order valence-electron chi connectivity index (χ0n) is 12.3. The first-order valence-corrected chi connectivity index (χ1v) is 7.19. The topological polar surface area (TPSA) is 41.1 Å². The van der Waals surface area contributed by atoms with Gasteiger partial charge in [-0.2, -0.15) is 0 Å². The number of amides is 1. The zero-order valence-corrected chi connectivity index (χ0v) is 12.3. The van der Waals surface area contributed by atoms with Crippen LogP contribution in [0.15, 0.2) is 30.3 Å². The molecule has 0 saturated heterocycles. The van der Waals surface area contributed by atoms with E-state index >= 15 is 0 Å². The molecule has 0 bridgehead atoms. The first-order chi connectivity index (χ1) is 9.09. The van der Waals surface area contributed by atoms with E-state index in [0.717, 1.165) is 24.6 Å². The van der Waals surface area contributed by atoms with E-state index in [2.05, 4.69) is 24.5 Å². The van der Waals surface area contributed by atoms with Gasteiger partial charge in [-0.05, 0) is 37.9 Å². The van der Waals surface area contributed by atoms with Crippen LogP contribution in [0.25, 0.3) is 0 Å². The van der Waals surface area contributed by atoms with Crippen LogP contribution in [0.3, 0.4) is 0 Å². The molecule has 0 aliphatic carbocycles. The van der Waals surface area contributed by atoms with Crippen LogP contribution in [0.4, 0.5) is 5.69 Å². The highest BCUT2D eigenvalue weighted by Gasteiger charge is 2.11. The first-order valence-electron chi connectivity index (χ1n) is 7.19. The van der Waals surface area contributed by atoms with Gasteiger partial charge < -0.3 is 10.6 Å². The smallest absolute Gasteiger partial charge is 0.241 e. The highest BCUT2D eigenvalue weighted by molar-refractivity contribution is 5.94. The van der Waals surface area contributed by atoms with Gasteiger partial charge in [-0.15, -0.1) is 0 Å². The number of carbonyl (C=O) groups is 1. The number of para-hydroxylation sites is 1. The lowest BCUT2D eigenvalue weighted by molar-refractivity contribution is -0.117. The van der Waals surface area contributed by atoms with Crippen molar-refractivity contribution in [1.82, 2.24) is 5.32 Å². The monoisotopic (exact) mass is 262 g/mol. The Kier molecular flexibility index (Phi) is 7.19. The lowest BCUT2D eigenvalue weighted by Crippen LogP contribution is -2.38. The number of carbonyl (C=O) groups excluding carboxylic acids is 1. The normalized spacial score (nSPS) is 12.4. The summed E-state index contributed by atoms with van der Waals surface area (Å²) >= 11 is 0. The number of nitrogens with one attached hydrogen (secondary N) is 2. The Bertz CT molecular complexity index is 362. The van der Waals surface area contributed by atoms with Gasteiger partial charge in [0.15, 0.2) is 0 Å². The second-order valence-corrected chi connectivity index (χ2v) is 5.42. The molecule has 1 atom stereocenters. The number of unbranched alkanes of at least 4 members (excludes halogenated alkanes) is 1. The highest BCUT2D eigenvalue weighted by Crippen LogP contribution is 2.06. The molecular weight excluding hydrogens is 236 g/mol. The predicted octanol–water partition coefficient (Wildman–Crippen LogP) is 3.43. The summed E-state index contributed by atoms with van der Waals surface area (Å²) in [6.45, 7) is 7.28. The van der Waals surface area contributed by atoms with Crippen LogP contribution in [0, 0.1) is 5.92 Å². The van der Waals surface area contributed by atoms with E-state index in [9.17, 15) is 4.79 Å². The van der Waals surface area contributed by atoms with Crippen molar-refractivity contribution in [1.29, 1.82) is 0 Å². The van der Waals surface area contributed by atoms with Crippen LogP contribution in [0.2, 0.25) is 0 Å². The van der Waals surface area contributed by atoms with Gasteiger partial charge in [0, 0.05) is 5.69 Å². The maximum atomic E-state index is 11.9. The van der Waals surface area contributed by atoms with E-state index in [0.29, 0.717) is 0 Å². The van der Waals surface area contributed by atoms with Gasteiger partial charge in [-0.3, -0.25) is 4.79 Å². The fourth-order valence-electron chi connectivity index (χ4n) is 1.86. The summed E-state index contributed by atoms with van der Waals surface area (Å²) in [7, 11) is 0. The van der Waals surface area contributed by atoms with Gasteiger partial charge in [0.2, 0.25) is 5.91 Å². The van der Waals surface area contributed by atoms with Gasteiger partial charge in [0.1, 0.15) is 0 Å². The molecule has 1 unspecified atom stereocenters. The number of hydrogen-bond donors (Lipinski definition) is 2. The molecule has 1 aromatic rings. The fourth-order valence-corrected chi connectivity index (χ4v) is 1.86. The Morgan fingerprint density at radius 3 is 2.42 bits per heavy atom. The van der Waals surface area contributed by atoms with E-state index in [1.165, 1.54) is 12.8 Å². The average Bonchev–Trinajstić information content (AvgIpc) is 2.38. The largest absolute Gasteiger partial charge is 0.325 e. The van der Waals surface area contributed by atoms with Gasteiger partial charge in [-0.25, -0.2) is 0 Å². The Labute approximate surface area is 116 Å². The number of anilines is 1. The van der Waals surface area contributed by atoms with Crippen molar-refractivity contribution in [2.24, 2.45) is 5.92 Å². The van der Waals surface area contributed by atoms with Gasteiger partial charge in [-0.1, -0.05) is 44.9 Å². The molecule has 0 spiro atoms. The van der Waals surface area contributed by atoms with Crippen molar-refractivity contribution in [2.45, 2.75) is 46.1 Å². The third kappa shape index (κ3) is 6.97. The molecule has 2 N–H and O–H groups in total. The van der Waals surface area contributed by atoms with E-state index in [1.54, 1.807) is 0 Å². The molecule has 1 aromatic carbocycles. The molecular formula is C16H26N2O. The third-order valence-corrected chi connectivity index (χ3v) is 3.09. The van der Waals surface area contributed by atoms with Crippen LogP contribution in [0.1, 0.15) is 40.0 Å². The second kappa shape index (κ2) is 8.70. The van der Waals surface area contributed by atoms with Crippen molar-refractivity contribution in [2.75, 3.05) is 11.9 Å². The molecule has 0 aliphatic rings. The number of rotatable bonds is 8. The van der Waals surface area contributed by atoms with E-state index in [-0.39, 0.29) is 11.9 Å². The molecule has 3 heteroatoms. The molecule has 1 amide bonds. The minimum atomic E-state index is -0.153. The Morgan fingerprint density at radius 2 is 1.79 bits per heavy atom. The molecule has 0 radical (unpaired) electrons. The molecule has 1 rings (SSSR count). The molecule has 3 nitrogen and oxygen atoms in total. The van der Waals surface area contributed by atoms with Gasteiger partial charge in [0.05, 0.1) is 6.04 Å². The Balaban J connectivity index is 2.18. The standard InChI is InChI=1S/C16H26N2O/c1-13(2)9-7-8-12-17-14(3)16(19)18-15-10-5-4-6-11-15/h4-6,10-11,13-14,17H,7-9,12H2,1-3H3,(H,18,19). The van der Waals surface area contributed by atoms with E-state index < -0.39 is 0 Å². The van der Waals surface area contributed by atoms with Crippen molar-refractivity contribution in [3.8, 4) is 0 Å². The maximum absolute atomic E-state index is 11.9. The molecule has 0 heterocycles. The second-order valence-electron chi connectivity index (χ2n) is 5.42. The quantitative estimate of drug-likeness (QED) is 0.705. The summed E-state index contributed by atoms with van der Waals surface area (Å²) < 4.78 is 0. The lowest BCUT2D eigenvalue weighted by Gasteiger charge is -2.14. The zero-order chi connectivity index (χ0) is 14.1. The summed E-state index contributed by atoms with van der Waals surface area (Å²) in [6, 6.07) is 9.41. The van der Waals surface area contributed by atoms with Crippen LogP contribution in [-0.2, 0) is 4.79 Å². The van der Waals surface area contributed by atoms with Gasteiger partial charge in [0.25, 0.3) is 0 Å². The summed E-state index contributed by atoms with van der Waals surface area (Å²) in [4.78, 5) is 11.9. The molecule has 0 aromatic heterocycles. The summed E-state index contributed by atoms with van der Waals surface area (Å²) in [6.07, 6.45) is 3.60. The number of hydrogen-bond acceptors (Lipinski definition) is 2. The van der Waals surface area contributed by atoms with Gasteiger partial charge >= 0.3 is 0 Å². The summed E-state index contributed by atoms with van der Waals surface area (Å²) in [5.74, 6) is 0.786.